The number of rotatable bonds is 4. The molecule has 1 N–H and O–H groups in total. The maximum Gasteiger partial charge on any atom is 0.186 e. The number of halogens is 1. The van der Waals surface area contributed by atoms with Crippen molar-refractivity contribution in [2.75, 3.05) is 11.9 Å². The topological polar surface area (TPSA) is 50.7 Å². The van der Waals surface area contributed by atoms with Crippen LogP contribution < -0.4 is 5.32 Å². The summed E-state index contributed by atoms with van der Waals surface area (Å²) in [5, 5.41) is 2.98. The van der Waals surface area contributed by atoms with Crippen LogP contribution >= 0.6 is 0 Å². The van der Waals surface area contributed by atoms with Crippen LogP contribution in [0.25, 0.3) is 11.4 Å². The van der Waals surface area contributed by atoms with E-state index in [0.717, 1.165) is 17.7 Å². The van der Waals surface area contributed by atoms with Gasteiger partial charge in [0.25, 0.3) is 0 Å². The first-order chi connectivity index (χ1) is 9.11. The molecular formula is C14H17FN4. The summed E-state index contributed by atoms with van der Waals surface area (Å²) in [6.45, 7) is 6.25. The molecule has 2 aromatic rings. The Labute approximate surface area is 112 Å². The van der Waals surface area contributed by atoms with E-state index in [1.165, 1.54) is 0 Å². The Balaban J connectivity index is 2.40. The summed E-state index contributed by atoms with van der Waals surface area (Å²) in [6, 6.07) is 3.77. The van der Waals surface area contributed by atoms with E-state index in [2.05, 4.69) is 20.3 Å². The first kappa shape index (κ1) is 13.4. The third-order valence-electron chi connectivity index (χ3n) is 2.73. The fourth-order valence-corrected chi connectivity index (χ4v) is 1.65. The average molecular weight is 260 g/mol. The summed E-state index contributed by atoms with van der Waals surface area (Å²) in [6.07, 6.45) is 2.61. The second-order valence-corrected chi connectivity index (χ2v) is 4.41. The number of aromatic nitrogens is 3. The predicted molar refractivity (Wildman–Crippen MR) is 73.5 cm³/mol. The van der Waals surface area contributed by atoms with Gasteiger partial charge in [-0.1, -0.05) is 6.92 Å². The zero-order valence-corrected chi connectivity index (χ0v) is 11.4. The SMILES string of the molecule is CCCNc1nc(-c2ccc(C)nc2)nc(C)c1F. The van der Waals surface area contributed by atoms with E-state index in [1.807, 2.05) is 26.0 Å². The Morgan fingerprint density at radius 2 is 2.00 bits per heavy atom. The highest BCUT2D eigenvalue weighted by Crippen LogP contribution is 2.20. The lowest BCUT2D eigenvalue weighted by molar-refractivity contribution is 0.605. The van der Waals surface area contributed by atoms with Crippen LogP contribution in [0, 0.1) is 19.7 Å². The molecule has 0 bridgehead atoms. The predicted octanol–water partition coefficient (Wildman–Crippen LogP) is 3.12. The minimum absolute atomic E-state index is 0.255. The number of anilines is 1. The summed E-state index contributed by atoms with van der Waals surface area (Å²) in [5.41, 5.74) is 2.05. The standard InChI is InChI=1S/C14H17FN4/c1-4-7-16-14-12(15)10(3)18-13(19-14)11-6-5-9(2)17-8-11/h5-6,8H,4,7H2,1-3H3,(H,16,18,19). The molecule has 0 unspecified atom stereocenters. The van der Waals surface area contributed by atoms with Gasteiger partial charge in [0.1, 0.15) is 0 Å². The number of nitrogens with zero attached hydrogens (tertiary/aromatic N) is 3. The highest BCUT2D eigenvalue weighted by atomic mass is 19.1. The van der Waals surface area contributed by atoms with Gasteiger partial charge in [0, 0.05) is 24.0 Å². The van der Waals surface area contributed by atoms with Crippen molar-refractivity contribution in [2.45, 2.75) is 27.2 Å². The van der Waals surface area contributed by atoms with Gasteiger partial charge >= 0.3 is 0 Å². The molecule has 0 aliphatic rings. The number of aryl methyl sites for hydroxylation is 2. The summed E-state index contributed by atoms with van der Waals surface area (Å²) in [7, 11) is 0. The number of hydrogen-bond acceptors (Lipinski definition) is 4. The van der Waals surface area contributed by atoms with Gasteiger partial charge in [-0.2, -0.15) is 0 Å². The van der Waals surface area contributed by atoms with Crippen molar-refractivity contribution >= 4 is 5.82 Å². The number of nitrogens with one attached hydrogen (secondary N) is 1. The third-order valence-corrected chi connectivity index (χ3v) is 2.73. The molecule has 0 atom stereocenters. The molecule has 5 heteroatoms. The fourth-order valence-electron chi connectivity index (χ4n) is 1.65. The number of pyridine rings is 1. The smallest absolute Gasteiger partial charge is 0.186 e. The molecule has 0 aliphatic carbocycles. The molecular weight excluding hydrogens is 243 g/mol. The molecule has 19 heavy (non-hydrogen) atoms. The van der Waals surface area contributed by atoms with Gasteiger partial charge in [-0.05, 0) is 32.4 Å². The van der Waals surface area contributed by atoms with E-state index in [-0.39, 0.29) is 5.82 Å². The lowest BCUT2D eigenvalue weighted by Crippen LogP contribution is -2.08. The van der Waals surface area contributed by atoms with Crippen molar-refractivity contribution in [3.8, 4) is 11.4 Å². The van der Waals surface area contributed by atoms with Gasteiger partial charge in [-0.15, -0.1) is 0 Å². The Morgan fingerprint density at radius 3 is 2.63 bits per heavy atom. The van der Waals surface area contributed by atoms with Gasteiger partial charge in [-0.3, -0.25) is 4.98 Å². The zero-order chi connectivity index (χ0) is 13.8. The van der Waals surface area contributed by atoms with Gasteiger partial charge < -0.3 is 5.32 Å². The third kappa shape index (κ3) is 3.05. The van der Waals surface area contributed by atoms with Crippen LogP contribution in [0.1, 0.15) is 24.7 Å². The minimum Gasteiger partial charge on any atom is -0.368 e. The molecule has 0 radical (unpaired) electrons. The van der Waals surface area contributed by atoms with Crippen LogP contribution in [0.5, 0.6) is 0 Å². The maximum absolute atomic E-state index is 13.9. The molecule has 0 aliphatic heterocycles. The summed E-state index contributed by atoms with van der Waals surface area (Å²) >= 11 is 0. The summed E-state index contributed by atoms with van der Waals surface area (Å²) in [5.74, 6) is 0.354. The quantitative estimate of drug-likeness (QED) is 0.917. The second-order valence-electron chi connectivity index (χ2n) is 4.41. The van der Waals surface area contributed by atoms with E-state index < -0.39 is 5.82 Å². The maximum atomic E-state index is 13.9. The minimum atomic E-state index is -0.391. The highest BCUT2D eigenvalue weighted by Gasteiger charge is 2.12. The van der Waals surface area contributed by atoms with Crippen molar-refractivity contribution in [1.29, 1.82) is 0 Å². The second kappa shape index (κ2) is 5.73. The van der Waals surface area contributed by atoms with E-state index >= 15 is 0 Å². The average Bonchev–Trinajstić information content (AvgIpc) is 2.41. The van der Waals surface area contributed by atoms with Gasteiger partial charge in [-0.25, -0.2) is 14.4 Å². The van der Waals surface area contributed by atoms with Crippen molar-refractivity contribution in [2.24, 2.45) is 0 Å². The first-order valence-electron chi connectivity index (χ1n) is 6.33. The van der Waals surface area contributed by atoms with E-state index in [1.54, 1.807) is 13.1 Å². The molecule has 0 fully saturated rings. The van der Waals surface area contributed by atoms with Gasteiger partial charge in [0.05, 0.1) is 5.69 Å². The molecule has 0 aromatic carbocycles. The van der Waals surface area contributed by atoms with Crippen molar-refractivity contribution in [3.63, 3.8) is 0 Å². The van der Waals surface area contributed by atoms with E-state index in [9.17, 15) is 4.39 Å². The molecule has 0 saturated carbocycles. The largest absolute Gasteiger partial charge is 0.368 e. The molecule has 4 nitrogen and oxygen atoms in total. The summed E-state index contributed by atoms with van der Waals surface area (Å²) in [4.78, 5) is 12.6. The van der Waals surface area contributed by atoms with Gasteiger partial charge in [0.2, 0.25) is 0 Å². The zero-order valence-electron chi connectivity index (χ0n) is 11.4. The highest BCUT2D eigenvalue weighted by molar-refractivity contribution is 5.56. The first-order valence-corrected chi connectivity index (χ1v) is 6.33. The van der Waals surface area contributed by atoms with Gasteiger partial charge in [0.15, 0.2) is 17.5 Å². The fraction of sp³-hybridized carbons (Fsp3) is 0.357. The lowest BCUT2D eigenvalue weighted by Gasteiger charge is -2.09. The summed E-state index contributed by atoms with van der Waals surface area (Å²) < 4.78 is 13.9. The number of hydrogen-bond donors (Lipinski definition) is 1. The van der Waals surface area contributed by atoms with Crippen LogP contribution in [0.15, 0.2) is 18.3 Å². The monoisotopic (exact) mass is 260 g/mol. The van der Waals surface area contributed by atoms with Crippen LogP contribution in [0.3, 0.4) is 0 Å². The Morgan fingerprint density at radius 1 is 1.21 bits per heavy atom. The molecule has 2 heterocycles. The molecule has 0 saturated heterocycles. The molecule has 100 valence electrons. The van der Waals surface area contributed by atoms with E-state index in [0.29, 0.717) is 18.1 Å². The molecule has 0 spiro atoms. The Hall–Kier alpha value is -2.04. The molecule has 0 amide bonds. The molecule has 2 aromatic heterocycles. The van der Waals surface area contributed by atoms with E-state index in [4.69, 9.17) is 0 Å². The van der Waals surface area contributed by atoms with Crippen molar-refractivity contribution in [1.82, 2.24) is 15.0 Å². The van der Waals surface area contributed by atoms with Crippen molar-refractivity contribution in [3.05, 3.63) is 35.5 Å². The Bertz CT molecular complexity index is 566. The van der Waals surface area contributed by atoms with Crippen LogP contribution in [-0.4, -0.2) is 21.5 Å². The lowest BCUT2D eigenvalue weighted by atomic mass is 10.2. The van der Waals surface area contributed by atoms with Crippen LogP contribution in [0.4, 0.5) is 10.2 Å². The van der Waals surface area contributed by atoms with Crippen LogP contribution in [-0.2, 0) is 0 Å². The normalized spacial score (nSPS) is 10.5. The molecule has 2 rings (SSSR count). The van der Waals surface area contributed by atoms with Crippen LogP contribution in [0.2, 0.25) is 0 Å². The van der Waals surface area contributed by atoms with Crippen molar-refractivity contribution < 1.29 is 4.39 Å². The Kier molecular flexibility index (Phi) is 4.04.